The lowest BCUT2D eigenvalue weighted by Crippen LogP contribution is -2.36. The van der Waals surface area contributed by atoms with E-state index in [9.17, 15) is 52.7 Å². The number of rotatable bonds is 38. The molecule has 0 unspecified atom stereocenters. The zero-order chi connectivity index (χ0) is 87.1. The highest BCUT2D eigenvalue weighted by atomic mass is 16.4. The maximum absolute atomic E-state index is 10.6. The summed E-state index contributed by atoms with van der Waals surface area (Å²) < 4.78 is 0. The first-order valence-electron chi connectivity index (χ1n) is 34.6. The third kappa shape index (κ3) is 68.3. The number of phenolic OH excluding ortho intramolecular Hbond substituents is 1. The van der Waals surface area contributed by atoms with Gasteiger partial charge >= 0.3 is 59.7 Å². The quantitative estimate of drug-likeness (QED) is 0.0123. The van der Waals surface area contributed by atoms with E-state index >= 15 is 0 Å². The van der Waals surface area contributed by atoms with E-state index in [1.54, 1.807) is 12.1 Å². The van der Waals surface area contributed by atoms with Gasteiger partial charge in [-0.25, -0.2) is 0 Å². The molecule has 0 spiro atoms. The van der Waals surface area contributed by atoms with E-state index < -0.39 is 126 Å². The number of carbonyl (C=O) groups is 11. The number of aromatic amines is 1. The number of nitrogens with two attached hydrogens (primary N) is 17. The maximum atomic E-state index is 10.6. The second kappa shape index (κ2) is 67.4. The average Bonchev–Trinajstić information content (AvgIpc) is 1.69. The zero-order valence-electron chi connectivity index (χ0n) is 63.3. The summed E-state index contributed by atoms with van der Waals surface area (Å²) in [6.45, 7) is 9.70. The van der Waals surface area contributed by atoms with Crippen molar-refractivity contribution < 1.29 is 109 Å². The van der Waals surface area contributed by atoms with Crippen LogP contribution in [0.1, 0.15) is 128 Å². The van der Waals surface area contributed by atoms with Crippen LogP contribution >= 0.6 is 0 Å². The molecule has 1 aromatic heterocycles. The van der Waals surface area contributed by atoms with E-state index in [2.05, 4.69) is 20.7 Å². The second-order valence-electron chi connectivity index (χ2n) is 24.6. The van der Waals surface area contributed by atoms with E-state index in [-0.39, 0.29) is 36.4 Å². The molecule has 11 atom stereocenters. The van der Waals surface area contributed by atoms with Crippen molar-refractivity contribution in [2.45, 2.75) is 191 Å². The number of phenols is 1. The van der Waals surface area contributed by atoms with Crippen molar-refractivity contribution in [1.29, 1.82) is 0 Å². The highest BCUT2D eigenvalue weighted by molar-refractivity contribution is 5.85. The molecule has 1 heterocycles. The van der Waals surface area contributed by atoms with Crippen LogP contribution in [0.3, 0.4) is 0 Å². The van der Waals surface area contributed by atoms with Crippen LogP contribution in [0.15, 0.2) is 95.0 Å². The Bertz CT molecular complexity index is 3250. The molecule has 0 aliphatic rings. The molecule has 0 radical (unpaired) electrons. The van der Waals surface area contributed by atoms with Gasteiger partial charge < -0.3 is 159 Å². The number of aliphatic imine (C=N–C) groups is 2. The van der Waals surface area contributed by atoms with Gasteiger partial charge in [-0.1, -0.05) is 108 Å². The van der Waals surface area contributed by atoms with Crippen LogP contribution in [0.4, 0.5) is 0 Å². The van der Waals surface area contributed by atoms with Crippen LogP contribution in [0.2, 0.25) is 0 Å². The number of hydrogen-bond acceptors (Lipinski definition) is 26. The van der Waals surface area contributed by atoms with Crippen LogP contribution < -0.4 is 97.5 Å². The van der Waals surface area contributed by atoms with Gasteiger partial charge in [-0.05, 0) is 130 Å². The molecule has 46 N–H and O–H groups in total. The number of unbranched alkanes of at least 4 members (excludes halogenated alkanes) is 2. The first kappa shape index (κ1) is 111. The molecule has 0 fully saturated rings. The summed E-state index contributed by atoms with van der Waals surface area (Å²) in [4.78, 5) is 123. The van der Waals surface area contributed by atoms with Crippen molar-refractivity contribution in [3.63, 3.8) is 0 Å². The first-order valence-corrected chi connectivity index (χ1v) is 34.6. The summed E-state index contributed by atoms with van der Waals surface area (Å²) >= 11 is 0. The highest BCUT2D eigenvalue weighted by Crippen LogP contribution is 2.19. The number of primary amides is 1. The Morgan fingerprint density at radius 3 is 1.02 bits per heavy atom. The molecule has 42 nitrogen and oxygen atoms in total. The SMILES string of the molecule is CC(C)C[C@H](N)C(=O)O.CC[C@H](C)[C@H](N)C(=O)O.NC(=O)C[C@H](N)C(=O)O.NC(N)=NCCC[C@H](N)C(=O)O.NC(N)=NCCC[C@H](N)C(=O)O.NCCCC[C@H](N)C(=O)O.NCCCC[C@H](N)C(=O)O.N[C@@H](Cc1c[nH]c2ccccc12)C(=O)O.N[C@@H](Cc1ccc(O)cc1)C(=O)O.N[C@@H](Cc1ccccc1)C(=O)O. The van der Waals surface area contributed by atoms with E-state index in [4.69, 9.17) is 148 Å². The predicted octanol–water partition coefficient (Wildman–Crippen LogP) is -2.77. The molecule has 111 heavy (non-hydrogen) atoms. The van der Waals surface area contributed by atoms with Gasteiger partial charge in [0.1, 0.15) is 66.2 Å². The molecule has 4 aromatic rings. The van der Waals surface area contributed by atoms with Gasteiger partial charge in [-0.15, -0.1) is 0 Å². The number of aromatic nitrogens is 1. The molecule has 0 aliphatic heterocycles. The number of carbonyl (C=O) groups excluding carboxylic acids is 1. The lowest BCUT2D eigenvalue weighted by atomic mass is 10.0. The van der Waals surface area contributed by atoms with E-state index in [1.807, 2.05) is 88.5 Å². The molecule has 3 aromatic carbocycles. The van der Waals surface area contributed by atoms with Crippen LogP contribution in [0.5, 0.6) is 5.75 Å². The topological polar surface area (TPSA) is 893 Å². The Labute approximate surface area is 643 Å². The normalized spacial score (nSPS) is 13.0. The van der Waals surface area contributed by atoms with Crippen LogP contribution in [-0.4, -0.2) is 225 Å². The summed E-state index contributed by atoms with van der Waals surface area (Å²) in [6.07, 6.45) is 10.1. The summed E-state index contributed by atoms with van der Waals surface area (Å²) in [5, 5.41) is 93.9. The standard InChI is InChI=1S/C11H12N2O2.C9H11NO3.C9H11NO2.2C6H14N4O2.2C6H14N2O2.2C6H13NO2.C4H8N2O3/c12-9(11(14)15)5-7-6-13-10-4-2-1-3-8(7)10;10-8(9(12)13)5-6-1-3-7(11)4-2-6;10-8(9(11)12)6-7-4-2-1-3-5-7;2*7-4(5(11)12)2-1-3-10-6(8)9;2*7-4-2-1-3-5(8)6(9)10;1-4(2)3-5(7)6(8)9;1-3-4(2)5(7)6(8)9;5-2(4(8)9)1-3(6)7/h1-4,6,9,13H,5,12H2,(H,14,15);1-4,8,11H,5,10H2,(H,12,13);1-5,8H,6,10H2,(H,11,12);2*4H,1-3,7H2,(H,11,12)(H4,8,9,10);2*5H,1-4,7-8H2,(H,9,10);2*4-5H,3,7H2,1-2H3,(H,8,9);2H,1,5H2,(H2,6,7)(H,8,9)/t9-;2*8-;2*4-;3*5-;4-,5-;2-/m0000000000/s1. The number of carboxylic acid groups (broad SMARTS) is 10. The second-order valence-corrected chi connectivity index (χ2v) is 24.6. The monoisotopic (exact) mass is 1580 g/mol. The molecule has 0 saturated heterocycles. The number of nitrogens with zero attached hydrogens (tertiary/aromatic N) is 2. The van der Waals surface area contributed by atoms with Crippen molar-refractivity contribution in [1.82, 2.24) is 4.98 Å². The molecule has 1 amide bonds. The number of benzene rings is 3. The number of para-hydroxylation sites is 1. The average molecular weight is 1590 g/mol. The number of fused-ring (bicyclic) bond motifs is 1. The fraction of sp³-hybridized carbons (Fsp3) is 0.522. The van der Waals surface area contributed by atoms with Gasteiger partial charge in [0.2, 0.25) is 5.91 Å². The summed E-state index contributed by atoms with van der Waals surface area (Å²) in [6, 6.07) is 15.3. The highest BCUT2D eigenvalue weighted by Gasteiger charge is 2.19. The Morgan fingerprint density at radius 2 is 0.730 bits per heavy atom. The Kier molecular flexibility index (Phi) is 67.4. The minimum atomic E-state index is -1.21. The third-order valence-electron chi connectivity index (χ3n) is 14.2. The minimum absolute atomic E-state index is 0.0129. The van der Waals surface area contributed by atoms with Gasteiger partial charge in [-0.2, -0.15) is 0 Å². The Balaban J connectivity index is -0.000000277. The number of carboxylic acids is 10. The number of guanidine groups is 2. The van der Waals surface area contributed by atoms with Crippen molar-refractivity contribution in [2.24, 2.45) is 119 Å². The number of aromatic hydroxyl groups is 1. The summed E-state index contributed by atoms with van der Waals surface area (Å²) in [5.41, 5.74) is 91.4. The molecule has 4 rings (SSSR count). The lowest BCUT2D eigenvalue weighted by Gasteiger charge is -2.11. The smallest absolute Gasteiger partial charge is 0.321 e. The largest absolute Gasteiger partial charge is 0.508 e. The summed E-state index contributed by atoms with van der Waals surface area (Å²) in [7, 11) is 0. The zero-order valence-corrected chi connectivity index (χ0v) is 63.3. The number of nitrogens with one attached hydrogen (secondary N) is 1. The van der Waals surface area contributed by atoms with E-state index in [0.717, 1.165) is 59.7 Å². The van der Waals surface area contributed by atoms with E-state index in [1.165, 1.54) is 12.1 Å². The fourth-order valence-corrected chi connectivity index (χ4v) is 7.51. The molecule has 42 heteroatoms. The van der Waals surface area contributed by atoms with Crippen LogP contribution in [0.25, 0.3) is 10.9 Å². The van der Waals surface area contributed by atoms with Gasteiger partial charge in [0.15, 0.2) is 11.9 Å². The maximum Gasteiger partial charge on any atom is 0.321 e. The van der Waals surface area contributed by atoms with Gasteiger partial charge in [0.05, 0.1) is 6.42 Å². The number of amides is 1. The number of hydrogen-bond donors (Lipinski definition) is 29. The van der Waals surface area contributed by atoms with Crippen molar-refractivity contribution in [2.75, 3.05) is 26.2 Å². The van der Waals surface area contributed by atoms with Gasteiger partial charge in [0.25, 0.3) is 0 Å². The van der Waals surface area contributed by atoms with Crippen LogP contribution in [-0.2, 0) is 72.0 Å². The molecule has 0 aliphatic carbocycles. The first-order chi connectivity index (χ1) is 51.6. The number of H-pyrrole nitrogens is 1. The molecule has 0 saturated carbocycles. The molecular formula is C69H124N20O22. The predicted molar refractivity (Wildman–Crippen MR) is 418 cm³/mol. The molecular weight excluding hydrogens is 1460 g/mol. The van der Waals surface area contributed by atoms with E-state index in [0.29, 0.717) is 89.9 Å². The van der Waals surface area contributed by atoms with Crippen molar-refractivity contribution >= 4 is 88.4 Å². The van der Waals surface area contributed by atoms with Gasteiger partial charge in [-0.3, -0.25) is 62.7 Å². The Morgan fingerprint density at radius 1 is 0.396 bits per heavy atom. The molecule has 0 bridgehead atoms. The van der Waals surface area contributed by atoms with Crippen molar-refractivity contribution in [3.8, 4) is 5.75 Å². The number of aliphatic carboxylic acids is 10. The lowest BCUT2D eigenvalue weighted by molar-refractivity contribution is -0.140. The Hall–Kier alpha value is -10.8. The molecule has 632 valence electrons. The summed E-state index contributed by atoms with van der Waals surface area (Å²) in [5.74, 6) is -9.95. The minimum Gasteiger partial charge on any atom is -0.508 e. The van der Waals surface area contributed by atoms with Crippen molar-refractivity contribution in [3.05, 3.63) is 102 Å². The van der Waals surface area contributed by atoms with Crippen LogP contribution in [0, 0.1) is 11.8 Å². The third-order valence-corrected chi connectivity index (χ3v) is 14.2. The van der Waals surface area contributed by atoms with Gasteiger partial charge in [0, 0.05) is 36.6 Å². The fourth-order valence-electron chi connectivity index (χ4n) is 7.51.